The number of nitrogens with zero attached hydrogens (tertiary/aromatic N) is 3. The maximum absolute atomic E-state index is 14.6. The average molecular weight is 496 g/mol. The summed E-state index contributed by atoms with van der Waals surface area (Å²) in [5.41, 5.74) is -2.28. The smallest absolute Gasteiger partial charge is 0.417 e. The van der Waals surface area contributed by atoms with Gasteiger partial charge in [0.05, 0.1) is 35.6 Å². The zero-order valence-corrected chi connectivity index (χ0v) is 18.0. The maximum Gasteiger partial charge on any atom is 0.417 e. The topological polar surface area (TPSA) is 73.8 Å². The first-order valence-electron chi connectivity index (χ1n) is 8.75. The fraction of sp³-hybridized carbons (Fsp3) is 0.500. The van der Waals surface area contributed by atoms with Gasteiger partial charge >= 0.3 is 18.3 Å². The molecule has 3 rings (SSSR count). The Hall–Kier alpha value is -2.37. The second-order valence-electron chi connectivity index (χ2n) is 7.59. The van der Waals surface area contributed by atoms with Crippen LogP contribution in [0.15, 0.2) is 10.5 Å². The monoisotopic (exact) mass is 495 g/mol. The van der Waals surface area contributed by atoms with Crippen molar-refractivity contribution in [1.29, 1.82) is 0 Å². The quantitative estimate of drug-likeness (QED) is 0.581. The van der Waals surface area contributed by atoms with Gasteiger partial charge in [-0.3, -0.25) is 0 Å². The Balaban J connectivity index is 1.91. The Kier molecular flexibility index (Phi) is 5.74. The number of aromatic nitrogens is 2. The van der Waals surface area contributed by atoms with E-state index in [1.165, 1.54) is 12.0 Å². The van der Waals surface area contributed by atoms with Gasteiger partial charge in [0.15, 0.2) is 5.82 Å². The van der Waals surface area contributed by atoms with Gasteiger partial charge in [0.1, 0.15) is 17.2 Å². The standard InChI is InChI=1S/C18H18BrF4N3O4/c1-17(2,3)30-16(27)26-6-8(7-26)29-14-9-5-10(18(21,22)23)11(19)12(20)13(9)24-15(25-14)28-4/h5,8H,6-7H2,1-4H3. The number of ether oxygens (including phenoxy) is 3. The summed E-state index contributed by atoms with van der Waals surface area (Å²) >= 11 is 2.64. The van der Waals surface area contributed by atoms with Gasteiger partial charge in [0.25, 0.3) is 0 Å². The van der Waals surface area contributed by atoms with Crippen LogP contribution in [0.25, 0.3) is 10.9 Å². The number of halogens is 5. The molecule has 7 nitrogen and oxygen atoms in total. The molecule has 1 fully saturated rings. The fourth-order valence-corrected chi connectivity index (χ4v) is 3.22. The second kappa shape index (κ2) is 7.71. The van der Waals surface area contributed by atoms with Crippen LogP contribution in [0.5, 0.6) is 11.9 Å². The van der Waals surface area contributed by atoms with Crippen LogP contribution in [-0.2, 0) is 10.9 Å². The summed E-state index contributed by atoms with van der Waals surface area (Å²) in [6, 6.07) is 0.438. The van der Waals surface area contributed by atoms with E-state index in [4.69, 9.17) is 14.2 Å². The lowest BCUT2D eigenvalue weighted by atomic mass is 10.1. The highest BCUT2D eigenvalue weighted by molar-refractivity contribution is 9.10. The zero-order valence-electron chi connectivity index (χ0n) is 16.4. The molecule has 1 aromatic carbocycles. The van der Waals surface area contributed by atoms with Crippen LogP contribution in [0, 0.1) is 5.82 Å². The predicted octanol–water partition coefficient (Wildman–Crippen LogP) is 4.56. The van der Waals surface area contributed by atoms with E-state index in [2.05, 4.69) is 25.9 Å². The SMILES string of the molecule is COc1nc(OC2CN(C(=O)OC(C)(C)C)C2)c2cc(C(F)(F)F)c(Br)c(F)c2n1. The largest absolute Gasteiger partial charge is 0.470 e. The average Bonchev–Trinajstić information content (AvgIpc) is 2.57. The number of alkyl halides is 3. The number of rotatable bonds is 3. The van der Waals surface area contributed by atoms with Crippen molar-refractivity contribution in [1.82, 2.24) is 14.9 Å². The van der Waals surface area contributed by atoms with E-state index >= 15 is 0 Å². The molecule has 1 aliphatic heterocycles. The highest BCUT2D eigenvalue weighted by atomic mass is 79.9. The third-order valence-electron chi connectivity index (χ3n) is 4.08. The molecule has 0 spiro atoms. The molecule has 2 heterocycles. The van der Waals surface area contributed by atoms with E-state index in [1.807, 2.05) is 0 Å². The lowest BCUT2D eigenvalue weighted by Gasteiger charge is -2.39. The summed E-state index contributed by atoms with van der Waals surface area (Å²) in [6.45, 7) is 5.44. The fourth-order valence-electron chi connectivity index (χ4n) is 2.69. The van der Waals surface area contributed by atoms with Gasteiger partial charge in [-0.1, -0.05) is 0 Å². The molecule has 30 heavy (non-hydrogen) atoms. The number of hydrogen-bond donors (Lipinski definition) is 0. The maximum atomic E-state index is 14.6. The summed E-state index contributed by atoms with van der Waals surface area (Å²) in [5.74, 6) is -1.49. The molecule has 0 radical (unpaired) electrons. The Morgan fingerprint density at radius 1 is 1.23 bits per heavy atom. The summed E-state index contributed by atoms with van der Waals surface area (Å²) < 4.78 is 69.5. The lowest BCUT2D eigenvalue weighted by molar-refractivity contribution is -0.138. The van der Waals surface area contributed by atoms with Gasteiger partial charge in [0, 0.05) is 0 Å². The van der Waals surface area contributed by atoms with Gasteiger partial charge in [0.2, 0.25) is 5.88 Å². The predicted molar refractivity (Wildman–Crippen MR) is 101 cm³/mol. The molecule has 0 N–H and O–H groups in total. The van der Waals surface area contributed by atoms with Crippen LogP contribution in [-0.4, -0.2) is 52.9 Å². The summed E-state index contributed by atoms with van der Waals surface area (Å²) in [6.07, 6.45) is -5.92. The van der Waals surface area contributed by atoms with Crippen molar-refractivity contribution in [3.63, 3.8) is 0 Å². The number of benzene rings is 1. The minimum absolute atomic E-state index is 0.133. The van der Waals surface area contributed by atoms with Crippen molar-refractivity contribution in [2.75, 3.05) is 20.2 Å². The molecule has 12 heteroatoms. The molecule has 164 valence electrons. The Labute approximate surface area is 177 Å². The van der Waals surface area contributed by atoms with Crippen molar-refractivity contribution in [2.24, 2.45) is 0 Å². The highest BCUT2D eigenvalue weighted by Crippen LogP contribution is 2.41. The van der Waals surface area contributed by atoms with Crippen molar-refractivity contribution >= 4 is 32.9 Å². The van der Waals surface area contributed by atoms with E-state index in [-0.39, 0.29) is 35.9 Å². The Morgan fingerprint density at radius 3 is 2.40 bits per heavy atom. The van der Waals surface area contributed by atoms with Gasteiger partial charge in [-0.25, -0.2) is 9.18 Å². The van der Waals surface area contributed by atoms with Gasteiger partial charge in [-0.2, -0.15) is 23.1 Å². The van der Waals surface area contributed by atoms with E-state index in [0.29, 0.717) is 6.07 Å². The molecular formula is C18H18BrF4N3O4. The van der Waals surface area contributed by atoms with E-state index < -0.39 is 39.8 Å². The molecule has 0 unspecified atom stereocenters. The Morgan fingerprint density at radius 2 is 1.87 bits per heavy atom. The minimum Gasteiger partial charge on any atom is -0.470 e. The van der Waals surface area contributed by atoms with Gasteiger partial charge in [-0.05, 0) is 42.8 Å². The molecule has 1 amide bonds. The third-order valence-corrected chi connectivity index (χ3v) is 4.86. The van der Waals surface area contributed by atoms with Crippen LogP contribution in [0.2, 0.25) is 0 Å². The van der Waals surface area contributed by atoms with Crippen molar-refractivity contribution in [2.45, 2.75) is 38.7 Å². The van der Waals surface area contributed by atoms with Crippen molar-refractivity contribution in [3.8, 4) is 11.9 Å². The van der Waals surface area contributed by atoms with Gasteiger partial charge in [-0.15, -0.1) is 0 Å². The van der Waals surface area contributed by atoms with E-state index in [1.54, 1.807) is 20.8 Å². The summed E-state index contributed by atoms with van der Waals surface area (Å²) in [7, 11) is 1.23. The first-order chi connectivity index (χ1) is 13.8. The molecule has 2 aromatic rings. The number of hydrogen-bond acceptors (Lipinski definition) is 6. The number of fused-ring (bicyclic) bond motifs is 1. The number of amides is 1. The molecule has 1 aromatic heterocycles. The molecule has 1 saturated heterocycles. The highest BCUT2D eigenvalue weighted by Gasteiger charge is 2.38. The van der Waals surface area contributed by atoms with Crippen LogP contribution in [0.4, 0.5) is 22.4 Å². The summed E-state index contributed by atoms with van der Waals surface area (Å²) in [5, 5.41) is -0.264. The zero-order chi connectivity index (χ0) is 22.4. The molecule has 0 aliphatic carbocycles. The van der Waals surface area contributed by atoms with Crippen molar-refractivity contribution in [3.05, 3.63) is 21.9 Å². The third kappa shape index (κ3) is 4.52. The molecule has 1 aliphatic rings. The first kappa shape index (κ1) is 22.3. The normalized spacial score (nSPS) is 15.2. The number of carbonyl (C=O) groups excluding carboxylic acids is 1. The van der Waals surface area contributed by atoms with E-state index in [9.17, 15) is 22.4 Å². The lowest BCUT2D eigenvalue weighted by Crippen LogP contribution is -2.57. The van der Waals surface area contributed by atoms with Crippen LogP contribution in [0.1, 0.15) is 26.3 Å². The van der Waals surface area contributed by atoms with E-state index in [0.717, 1.165) is 0 Å². The molecule has 0 saturated carbocycles. The number of carbonyl (C=O) groups is 1. The van der Waals surface area contributed by atoms with Gasteiger partial charge < -0.3 is 19.1 Å². The molecule has 0 bridgehead atoms. The van der Waals surface area contributed by atoms with Crippen molar-refractivity contribution < 1.29 is 36.6 Å². The van der Waals surface area contributed by atoms with Crippen LogP contribution < -0.4 is 9.47 Å². The number of methoxy groups -OCH3 is 1. The Bertz CT molecular complexity index is 988. The first-order valence-corrected chi connectivity index (χ1v) is 9.55. The molecular weight excluding hydrogens is 478 g/mol. The second-order valence-corrected chi connectivity index (χ2v) is 8.38. The minimum atomic E-state index is -4.81. The number of likely N-dealkylation sites (tertiary alicyclic amines) is 1. The van der Waals surface area contributed by atoms with Crippen LogP contribution in [0.3, 0.4) is 0 Å². The van der Waals surface area contributed by atoms with Crippen LogP contribution >= 0.6 is 15.9 Å². The summed E-state index contributed by atoms with van der Waals surface area (Å²) in [4.78, 5) is 21.1. The molecule has 0 atom stereocenters.